The number of ether oxygens (including phenoxy) is 1. The molecule has 3 aromatic carbocycles. The number of aliphatic hydroxyl groups is 1. The molecule has 0 radical (unpaired) electrons. The highest BCUT2D eigenvalue weighted by atomic mass is 16.5. The second kappa shape index (κ2) is 9.33. The Morgan fingerprint density at radius 1 is 0.970 bits per heavy atom. The molecule has 1 atom stereocenters. The molecule has 0 bridgehead atoms. The molecule has 0 saturated carbocycles. The summed E-state index contributed by atoms with van der Waals surface area (Å²) in [5.41, 5.74) is 4.61. The van der Waals surface area contributed by atoms with Gasteiger partial charge in [0.2, 0.25) is 0 Å². The highest BCUT2D eigenvalue weighted by Gasteiger charge is 2.44. The lowest BCUT2D eigenvalue weighted by Crippen LogP contribution is -2.31. The number of hydrogen-bond acceptors (Lipinski definition) is 4. The van der Waals surface area contributed by atoms with Gasteiger partial charge in [-0.05, 0) is 66.8 Å². The highest BCUT2D eigenvalue weighted by Crippen LogP contribution is 2.42. The lowest BCUT2D eigenvalue weighted by molar-refractivity contribution is -0.118. The summed E-state index contributed by atoms with van der Waals surface area (Å²) >= 11 is 0. The maximum atomic E-state index is 13.4. The number of aryl methyl sites for hydroxylation is 3. The Kier molecular flexibility index (Phi) is 6.31. The van der Waals surface area contributed by atoms with Gasteiger partial charge in [0.05, 0.1) is 18.7 Å². The number of ketones is 1. The van der Waals surface area contributed by atoms with Gasteiger partial charge in [-0.2, -0.15) is 0 Å². The molecule has 1 aliphatic rings. The average Bonchev–Trinajstić information content (AvgIpc) is 3.10. The van der Waals surface area contributed by atoms with Crippen LogP contribution in [0.25, 0.3) is 0 Å². The molecule has 5 nitrogen and oxygen atoms in total. The van der Waals surface area contributed by atoms with Gasteiger partial charge in [-0.3, -0.25) is 14.5 Å². The fraction of sp³-hybridized carbons (Fsp3) is 0.214. The third-order valence-corrected chi connectivity index (χ3v) is 6.17. The predicted octanol–water partition coefficient (Wildman–Crippen LogP) is 5.41. The summed E-state index contributed by atoms with van der Waals surface area (Å²) in [6.45, 7) is 3.97. The summed E-state index contributed by atoms with van der Waals surface area (Å²) in [7, 11) is 1.57. The average molecular weight is 442 g/mol. The van der Waals surface area contributed by atoms with Crippen LogP contribution in [0, 0.1) is 13.8 Å². The van der Waals surface area contributed by atoms with Gasteiger partial charge in [-0.25, -0.2) is 0 Å². The van der Waals surface area contributed by atoms with Crippen molar-refractivity contribution in [3.63, 3.8) is 0 Å². The maximum absolute atomic E-state index is 13.4. The molecular formula is C28H27NO4. The van der Waals surface area contributed by atoms with E-state index in [1.165, 1.54) is 4.90 Å². The fourth-order valence-electron chi connectivity index (χ4n) is 4.20. The predicted molar refractivity (Wildman–Crippen MR) is 129 cm³/mol. The van der Waals surface area contributed by atoms with Gasteiger partial charge < -0.3 is 9.84 Å². The van der Waals surface area contributed by atoms with Crippen LogP contribution in [0.5, 0.6) is 5.75 Å². The fourth-order valence-corrected chi connectivity index (χ4v) is 4.20. The van der Waals surface area contributed by atoms with E-state index in [9.17, 15) is 14.7 Å². The minimum atomic E-state index is -0.738. The minimum absolute atomic E-state index is 0.127. The molecule has 0 aliphatic carbocycles. The summed E-state index contributed by atoms with van der Waals surface area (Å²) in [6.07, 6.45) is 0.719. The number of nitrogens with zero attached hydrogens (tertiary/aromatic N) is 1. The van der Waals surface area contributed by atoms with Crippen LogP contribution in [-0.2, 0) is 16.0 Å². The van der Waals surface area contributed by atoms with Crippen LogP contribution in [0.3, 0.4) is 0 Å². The van der Waals surface area contributed by atoms with Crippen molar-refractivity contribution >= 4 is 17.4 Å². The van der Waals surface area contributed by atoms with Gasteiger partial charge in [0, 0.05) is 12.1 Å². The van der Waals surface area contributed by atoms with Crippen molar-refractivity contribution in [2.24, 2.45) is 0 Å². The molecule has 3 aromatic rings. The Bertz CT molecular complexity index is 1230. The van der Waals surface area contributed by atoms with Crippen LogP contribution in [0.2, 0.25) is 0 Å². The van der Waals surface area contributed by atoms with E-state index in [2.05, 4.69) is 0 Å². The number of Topliss-reactive ketones (excluding diaryl/α,β-unsaturated/α-hetero) is 1. The van der Waals surface area contributed by atoms with Gasteiger partial charge in [0.25, 0.3) is 5.91 Å². The first-order valence-electron chi connectivity index (χ1n) is 11.0. The molecule has 0 saturated heterocycles. The van der Waals surface area contributed by atoms with E-state index in [1.54, 1.807) is 19.2 Å². The molecule has 1 N–H and O–H groups in total. The Morgan fingerprint density at radius 2 is 1.73 bits per heavy atom. The van der Waals surface area contributed by atoms with Crippen LogP contribution < -0.4 is 9.64 Å². The molecule has 1 heterocycles. The number of rotatable bonds is 7. The van der Waals surface area contributed by atoms with Crippen molar-refractivity contribution < 1.29 is 19.4 Å². The van der Waals surface area contributed by atoms with E-state index in [-0.39, 0.29) is 17.8 Å². The number of hydrogen-bond donors (Lipinski definition) is 1. The largest absolute Gasteiger partial charge is 0.503 e. The summed E-state index contributed by atoms with van der Waals surface area (Å²) in [4.78, 5) is 28.2. The van der Waals surface area contributed by atoms with Crippen molar-refractivity contribution in [2.75, 3.05) is 12.0 Å². The molecule has 4 rings (SSSR count). The normalized spacial score (nSPS) is 15.8. The highest BCUT2D eigenvalue weighted by molar-refractivity contribution is 6.16. The lowest BCUT2D eigenvalue weighted by atomic mass is 9.92. The quantitative estimate of drug-likeness (QED) is 0.532. The number of benzene rings is 3. The SMILES string of the molecule is COc1cccc(C2C(C(=O)CCc3ccccc3)=C(O)C(=O)N2c2ccc(C)c(C)c2)c1. The van der Waals surface area contributed by atoms with E-state index in [4.69, 9.17) is 4.74 Å². The third kappa shape index (κ3) is 4.40. The van der Waals surface area contributed by atoms with Crippen LogP contribution >= 0.6 is 0 Å². The first-order chi connectivity index (χ1) is 15.9. The van der Waals surface area contributed by atoms with E-state index in [1.807, 2.05) is 74.5 Å². The van der Waals surface area contributed by atoms with Crippen molar-refractivity contribution in [3.05, 3.63) is 106 Å². The van der Waals surface area contributed by atoms with Crippen molar-refractivity contribution in [1.29, 1.82) is 0 Å². The first kappa shape index (κ1) is 22.3. The first-order valence-corrected chi connectivity index (χ1v) is 11.0. The van der Waals surface area contributed by atoms with Crippen LogP contribution in [0.1, 0.15) is 34.7 Å². The number of aliphatic hydroxyl groups excluding tert-OH is 1. The third-order valence-electron chi connectivity index (χ3n) is 6.17. The van der Waals surface area contributed by atoms with E-state index < -0.39 is 17.7 Å². The Morgan fingerprint density at radius 3 is 2.42 bits per heavy atom. The molecule has 0 spiro atoms. The van der Waals surface area contributed by atoms with Crippen molar-refractivity contribution in [1.82, 2.24) is 0 Å². The van der Waals surface area contributed by atoms with E-state index in [0.29, 0.717) is 23.4 Å². The minimum Gasteiger partial charge on any atom is -0.503 e. The van der Waals surface area contributed by atoms with Gasteiger partial charge in [-0.15, -0.1) is 0 Å². The Hall–Kier alpha value is -3.86. The topological polar surface area (TPSA) is 66.8 Å². The van der Waals surface area contributed by atoms with Gasteiger partial charge >= 0.3 is 0 Å². The van der Waals surface area contributed by atoms with Gasteiger partial charge in [0.1, 0.15) is 5.75 Å². The zero-order valence-corrected chi connectivity index (χ0v) is 19.0. The molecule has 33 heavy (non-hydrogen) atoms. The molecule has 1 aliphatic heterocycles. The van der Waals surface area contributed by atoms with E-state index >= 15 is 0 Å². The summed E-state index contributed by atoms with van der Waals surface area (Å²) in [5, 5.41) is 10.9. The lowest BCUT2D eigenvalue weighted by Gasteiger charge is -2.27. The second-order valence-electron chi connectivity index (χ2n) is 8.29. The number of carbonyl (C=O) groups is 2. The summed E-state index contributed by atoms with van der Waals surface area (Å²) in [5.74, 6) is -0.695. The molecule has 0 fully saturated rings. The summed E-state index contributed by atoms with van der Waals surface area (Å²) in [6, 6.07) is 21.9. The molecule has 0 aromatic heterocycles. The van der Waals surface area contributed by atoms with Crippen LogP contribution in [-0.4, -0.2) is 23.9 Å². The Balaban J connectivity index is 1.76. The van der Waals surface area contributed by atoms with Gasteiger partial charge in [-0.1, -0.05) is 48.5 Å². The van der Waals surface area contributed by atoms with Crippen molar-refractivity contribution in [3.8, 4) is 5.75 Å². The molecule has 5 heteroatoms. The number of carbonyl (C=O) groups excluding carboxylic acids is 2. The van der Waals surface area contributed by atoms with E-state index in [0.717, 1.165) is 16.7 Å². The zero-order valence-electron chi connectivity index (χ0n) is 19.0. The maximum Gasteiger partial charge on any atom is 0.294 e. The summed E-state index contributed by atoms with van der Waals surface area (Å²) < 4.78 is 5.38. The monoisotopic (exact) mass is 441 g/mol. The standard InChI is InChI=1S/C28H27NO4/c1-18-12-14-22(16-19(18)2)29-26(21-10-7-11-23(17-21)33-3)25(27(31)28(29)32)24(30)15-13-20-8-5-4-6-9-20/h4-12,14,16-17,26,31H,13,15H2,1-3H3. The number of anilines is 1. The van der Waals surface area contributed by atoms with Crippen LogP contribution in [0.4, 0.5) is 5.69 Å². The molecular weight excluding hydrogens is 414 g/mol. The smallest absolute Gasteiger partial charge is 0.294 e. The Labute approximate surface area is 193 Å². The zero-order chi connectivity index (χ0) is 23.5. The molecule has 1 amide bonds. The van der Waals surface area contributed by atoms with Crippen molar-refractivity contribution in [2.45, 2.75) is 32.7 Å². The van der Waals surface area contributed by atoms with Gasteiger partial charge in [0.15, 0.2) is 11.5 Å². The number of amides is 1. The molecule has 168 valence electrons. The van der Waals surface area contributed by atoms with Crippen LogP contribution in [0.15, 0.2) is 84.1 Å². The second-order valence-corrected chi connectivity index (χ2v) is 8.29. The number of methoxy groups -OCH3 is 1. The molecule has 1 unspecified atom stereocenters.